The molecule has 1 aliphatic rings. The van der Waals surface area contributed by atoms with E-state index in [9.17, 15) is 18.3 Å². The van der Waals surface area contributed by atoms with Crippen LogP contribution in [0.4, 0.5) is 11.4 Å². The number of carbonyl (C=O) groups is 1. The van der Waals surface area contributed by atoms with Crippen LogP contribution in [0, 0.1) is 0 Å². The van der Waals surface area contributed by atoms with Gasteiger partial charge in [0.05, 0.1) is 23.0 Å². The third kappa shape index (κ3) is 5.69. The van der Waals surface area contributed by atoms with Crippen LogP contribution in [0.1, 0.15) is 29.6 Å². The average molecular weight is 512 g/mol. The quantitative estimate of drug-likeness (QED) is 0.415. The lowest BCUT2D eigenvalue weighted by Crippen LogP contribution is -2.23. The maximum absolute atomic E-state index is 13.1. The molecule has 0 bridgehead atoms. The summed E-state index contributed by atoms with van der Waals surface area (Å²) in [7, 11) is -2.72. The second kappa shape index (κ2) is 10.3. The zero-order valence-corrected chi connectivity index (χ0v) is 19.6. The summed E-state index contributed by atoms with van der Waals surface area (Å²) in [5.74, 6) is -1.26. The number of benzene rings is 2. The zero-order chi connectivity index (χ0) is 22.4. The monoisotopic (exact) mass is 511 g/mol. The normalized spacial score (nSPS) is 14.4. The summed E-state index contributed by atoms with van der Waals surface area (Å²) in [6.45, 7) is 3.85. The molecule has 0 aromatic heterocycles. The molecule has 0 saturated carbocycles. The lowest BCUT2D eigenvalue weighted by molar-refractivity contribution is 0.0694. The van der Waals surface area contributed by atoms with E-state index in [1.54, 1.807) is 18.2 Å². The molecule has 0 unspecified atom stereocenters. The number of aromatic carboxylic acids is 1. The van der Waals surface area contributed by atoms with Gasteiger partial charge in [0.25, 0.3) is 10.0 Å². The van der Waals surface area contributed by atoms with Crippen molar-refractivity contribution in [3.8, 4) is 5.75 Å². The molecule has 1 saturated heterocycles. The van der Waals surface area contributed by atoms with Crippen molar-refractivity contribution in [2.24, 2.45) is 0 Å². The predicted octanol–water partition coefficient (Wildman–Crippen LogP) is 3.85. The first kappa shape index (κ1) is 23.4. The topological polar surface area (TPSA) is 108 Å². The van der Waals surface area contributed by atoms with E-state index in [-0.39, 0.29) is 21.9 Å². The van der Waals surface area contributed by atoms with E-state index in [1.807, 2.05) is 0 Å². The first-order valence-electron chi connectivity index (χ1n) is 10.0. The number of anilines is 2. The van der Waals surface area contributed by atoms with Gasteiger partial charge in [0, 0.05) is 6.54 Å². The van der Waals surface area contributed by atoms with Crippen LogP contribution in [-0.2, 0) is 10.0 Å². The Morgan fingerprint density at radius 1 is 1.16 bits per heavy atom. The number of sulfonamides is 1. The Balaban J connectivity index is 1.79. The van der Waals surface area contributed by atoms with E-state index in [0.717, 1.165) is 26.1 Å². The number of hydrogen-bond donors (Lipinski definition) is 3. The van der Waals surface area contributed by atoms with Crippen molar-refractivity contribution in [3.63, 3.8) is 0 Å². The number of likely N-dealkylation sites (tertiary alicyclic amines) is 1. The van der Waals surface area contributed by atoms with Gasteiger partial charge in [-0.1, -0.05) is 12.1 Å². The zero-order valence-electron chi connectivity index (χ0n) is 17.2. The van der Waals surface area contributed by atoms with Crippen LogP contribution in [0.25, 0.3) is 0 Å². The fourth-order valence-corrected chi connectivity index (χ4v) is 5.38. The first-order chi connectivity index (χ1) is 14.8. The molecule has 10 heteroatoms. The number of nitrogens with one attached hydrogen (secondary N) is 2. The van der Waals surface area contributed by atoms with E-state index in [1.165, 1.54) is 38.2 Å². The summed E-state index contributed by atoms with van der Waals surface area (Å²) >= 11 is 3.23. The number of carboxylic acid groups (broad SMARTS) is 1. The Bertz CT molecular complexity index is 1040. The van der Waals surface area contributed by atoms with Crippen LogP contribution in [0.5, 0.6) is 5.75 Å². The average Bonchev–Trinajstić information content (AvgIpc) is 3.25. The molecule has 0 aliphatic carbocycles. The van der Waals surface area contributed by atoms with Gasteiger partial charge in [-0.2, -0.15) is 0 Å². The van der Waals surface area contributed by atoms with E-state index in [0.29, 0.717) is 16.7 Å². The highest BCUT2D eigenvalue weighted by molar-refractivity contribution is 9.10. The lowest BCUT2D eigenvalue weighted by Gasteiger charge is -2.17. The molecule has 0 spiro atoms. The van der Waals surface area contributed by atoms with Gasteiger partial charge >= 0.3 is 5.97 Å². The second-order valence-electron chi connectivity index (χ2n) is 7.24. The van der Waals surface area contributed by atoms with Gasteiger partial charge in [-0.05, 0) is 79.1 Å². The number of hydrogen-bond acceptors (Lipinski definition) is 6. The van der Waals surface area contributed by atoms with Crippen LogP contribution in [0.3, 0.4) is 0 Å². The van der Waals surface area contributed by atoms with E-state index < -0.39 is 16.0 Å². The van der Waals surface area contributed by atoms with Crippen molar-refractivity contribution in [2.75, 3.05) is 43.3 Å². The van der Waals surface area contributed by atoms with Gasteiger partial charge in [-0.15, -0.1) is 0 Å². The van der Waals surface area contributed by atoms with Crippen LogP contribution in [0.2, 0.25) is 0 Å². The smallest absolute Gasteiger partial charge is 0.341 e. The molecular weight excluding hydrogens is 486 g/mol. The van der Waals surface area contributed by atoms with Crippen molar-refractivity contribution >= 4 is 43.3 Å². The van der Waals surface area contributed by atoms with Crippen LogP contribution in [-0.4, -0.2) is 57.7 Å². The molecule has 0 atom stereocenters. The fourth-order valence-electron chi connectivity index (χ4n) is 3.63. The minimum Gasteiger partial charge on any atom is -0.495 e. The van der Waals surface area contributed by atoms with Gasteiger partial charge in [-0.25, -0.2) is 13.2 Å². The van der Waals surface area contributed by atoms with Crippen molar-refractivity contribution in [1.82, 2.24) is 4.90 Å². The maximum Gasteiger partial charge on any atom is 0.341 e. The van der Waals surface area contributed by atoms with Gasteiger partial charge < -0.3 is 20.1 Å². The van der Waals surface area contributed by atoms with Crippen molar-refractivity contribution < 1.29 is 23.1 Å². The minimum absolute atomic E-state index is 0.0426. The number of ether oxygens (including phenoxy) is 1. The Hall–Kier alpha value is -2.30. The molecule has 168 valence electrons. The first-order valence-corrected chi connectivity index (χ1v) is 12.3. The number of para-hydroxylation sites is 1. The summed E-state index contributed by atoms with van der Waals surface area (Å²) in [5.41, 5.74) is 0.130. The predicted molar refractivity (Wildman–Crippen MR) is 124 cm³/mol. The second-order valence-corrected chi connectivity index (χ2v) is 9.74. The molecule has 1 aliphatic heterocycles. The summed E-state index contributed by atoms with van der Waals surface area (Å²) < 4.78 is 34.2. The molecule has 8 nitrogen and oxygen atoms in total. The number of halogens is 1. The van der Waals surface area contributed by atoms with Crippen molar-refractivity contribution in [2.45, 2.75) is 24.2 Å². The molecule has 1 fully saturated rings. The summed E-state index contributed by atoms with van der Waals surface area (Å²) in [4.78, 5) is 14.2. The Labute approximate surface area is 190 Å². The van der Waals surface area contributed by atoms with Gasteiger partial charge in [0.2, 0.25) is 0 Å². The Kier molecular flexibility index (Phi) is 7.79. The molecule has 0 radical (unpaired) electrons. The highest BCUT2D eigenvalue weighted by Gasteiger charge is 2.25. The van der Waals surface area contributed by atoms with Crippen LogP contribution < -0.4 is 14.8 Å². The molecule has 31 heavy (non-hydrogen) atoms. The number of rotatable bonds is 10. The molecule has 1 heterocycles. The SMILES string of the molecule is COc1c(Br)ccc(NS(=O)(=O)c2ccccc2NCCCN2CCCC2)c1C(=O)O. The Morgan fingerprint density at radius 2 is 1.87 bits per heavy atom. The van der Waals surface area contributed by atoms with Crippen LogP contribution >= 0.6 is 15.9 Å². The summed E-state index contributed by atoms with van der Waals surface area (Å²) in [6.07, 6.45) is 3.37. The fraction of sp³-hybridized carbons (Fsp3) is 0.381. The van der Waals surface area contributed by atoms with Gasteiger partial charge in [-0.3, -0.25) is 4.72 Å². The maximum atomic E-state index is 13.1. The number of nitrogens with zero attached hydrogens (tertiary/aromatic N) is 1. The lowest BCUT2D eigenvalue weighted by atomic mass is 10.1. The molecular formula is C21H26BrN3O5S. The van der Waals surface area contributed by atoms with E-state index in [4.69, 9.17) is 4.74 Å². The molecule has 2 aromatic rings. The van der Waals surface area contributed by atoms with Crippen LogP contribution in [0.15, 0.2) is 45.8 Å². The third-order valence-corrected chi connectivity index (χ3v) is 7.16. The largest absolute Gasteiger partial charge is 0.495 e. The van der Waals surface area contributed by atoms with Gasteiger partial charge in [0.1, 0.15) is 16.2 Å². The molecule has 3 N–H and O–H groups in total. The summed E-state index contributed by atoms with van der Waals surface area (Å²) in [6, 6.07) is 9.50. The van der Waals surface area contributed by atoms with Gasteiger partial charge in [0.15, 0.2) is 0 Å². The minimum atomic E-state index is -4.05. The number of carboxylic acids is 1. The standard InChI is InChI=1S/C21H26BrN3O5S/c1-30-20-15(22)9-10-17(19(20)21(26)27)24-31(28,29)18-8-3-2-7-16(18)23-11-6-14-25-12-4-5-13-25/h2-3,7-10,23-24H,4-6,11-14H2,1H3,(H,26,27). The highest BCUT2D eigenvalue weighted by Crippen LogP contribution is 2.35. The molecule has 3 rings (SSSR count). The molecule has 0 amide bonds. The highest BCUT2D eigenvalue weighted by atomic mass is 79.9. The summed E-state index contributed by atoms with van der Waals surface area (Å²) in [5, 5.41) is 12.8. The number of methoxy groups -OCH3 is 1. The van der Waals surface area contributed by atoms with E-state index in [2.05, 4.69) is 30.9 Å². The molecule has 2 aromatic carbocycles. The van der Waals surface area contributed by atoms with Crippen molar-refractivity contribution in [3.05, 3.63) is 46.4 Å². The third-order valence-electron chi connectivity index (χ3n) is 5.11. The van der Waals surface area contributed by atoms with E-state index >= 15 is 0 Å². The van der Waals surface area contributed by atoms with Crippen molar-refractivity contribution in [1.29, 1.82) is 0 Å². The Morgan fingerprint density at radius 3 is 2.55 bits per heavy atom.